The molecule has 1 aliphatic carbocycles. The molecule has 0 fully saturated rings. The maximum absolute atomic E-state index is 9.82. The quantitative estimate of drug-likeness (QED) is 0.332. The molecule has 0 aromatic carbocycles. The summed E-state index contributed by atoms with van der Waals surface area (Å²) in [6.45, 7) is 0. The smallest absolute Gasteiger partial charge is 0.295 e. The molecule has 56 valence electrons. The minimum atomic E-state index is -0.736. The SMILES string of the molecule is O=[N+]([O-])OC1C=CCCC1. The van der Waals surface area contributed by atoms with Crippen LogP contribution >= 0.6 is 0 Å². The summed E-state index contributed by atoms with van der Waals surface area (Å²) in [5.74, 6) is 0. The second-order valence-corrected chi connectivity index (χ2v) is 2.23. The van der Waals surface area contributed by atoms with Crippen molar-refractivity contribution in [3.63, 3.8) is 0 Å². The summed E-state index contributed by atoms with van der Waals surface area (Å²) >= 11 is 0. The van der Waals surface area contributed by atoms with Crippen molar-refractivity contribution in [2.45, 2.75) is 25.4 Å². The average molecular weight is 143 g/mol. The molecule has 4 nitrogen and oxygen atoms in total. The Kier molecular flexibility index (Phi) is 2.25. The van der Waals surface area contributed by atoms with E-state index in [1.54, 1.807) is 6.08 Å². The van der Waals surface area contributed by atoms with Gasteiger partial charge in [-0.2, -0.15) is 0 Å². The highest BCUT2D eigenvalue weighted by Crippen LogP contribution is 2.12. The van der Waals surface area contributed by atoms with E-state index in [2.05, 4.69) is 4.84 Å². The lowest BCUT2D eigenvalue weighted by atomic mass is 10.1. The van der Waals surface area contributed by atoms with Crippen molar-refractivity contribution in [2.75, 3.05) is 0 Å². The van der Waals surface area contributed by atoms with Gasteiger partial charge in [-0.3, -0.25) is 0 Å². The second-order valence-electron chi connectivity index (χ2n) is 2.23. The lowest BCUT2D eigenvalue weighted by Gasteiger charge is -2.12. The molecule has 0 radical (unpaired) electrons. The predicted molar refractivity (Wildman–Crippen MR) is 34.9 cm³/mol. The van der Waals surface area contributed by atoms with Crippen LogP contribution in [0.3, 0.4) is 0 Å². The van der Waals surface area contributed by atoms with Gasteiger partial charge in [0.25, 0.3) is 5.09 Å². The zero-order valence-corrected chi connectivity index (χ0v) is 5.53. The van der Waals surface area contributed by atoms with Crippen LogP contribution in [0.5, 0.6) is 0 Å². The molecule has 0 N–H and O–H groups in total. The van der Waals surface area contributed by atoms with Crippen LogP contribution in [0.4, 0.5) is 0 Å². The highest BCUT2D eigenvalue weighted by molar-refractivity contribution is 4.93. The fourth-order valence-electron chi connectivity index (χ4n) is 0.980. The molecule has 1 rings (SSSR count). The summed E-state index contributed by atoms with van der Waals surface area (Å²) in [5, 5.41) is 9.08. The Morgan fingerprint density at radius 3 is 3.00 bits per heavy atom. The third-order valence-electron chi connectivity index (χ3n) is 1.43. The molecule has 0 bridgehead atoms. The first-order valence-electron chi connectivity index (χ1n) is 3.27. The van der Waals surface area contributed by atoms with Crippen LogP contribution in [0.15, 0.2) is 12.2 Å². The molecule has 0 aromatic rings. The topological polar surface area (TPSA) is 52.4 Å². The number of allylic oxidation sites excluding steroid dienone is 1. The van der Waals surface area contributed by atoms with Gasteiger partial charge in [-0.25, -0.2) is 0 Å². The number of rotatable bonds is 2. The monoisotopic (exact) mass is 143 g/mol. The predicted octanol–water partition coefficient (Wildman–Crippen LogP) is 1.30. The Hall–Kier alpha value is -1.06. The molecule has 0 amide bonds. The van der Waals surface area contributed by atoms with Gasteiger partial charge in [-0.15, -0.1) is 10.1 Å². The van der Waals surface area contributed by atoms with Crippen LogP contribution in [0, 0.1) is 10.1 Å². The lowest BCUT2D eigenvalue weighted by Crippen LogP contribution is -2.16. The van der Waals surface area contributed by atoms with Crippen molar-refractivity contribution in [1.82, 2.24) is 0 Å². The molecule has 0 heterocycles. The van der Waals surface area contributed by atoms with Crippen molar-refractivity contribution in [3.05, 3.63) is 22.3 Å². The van der Waals surface area contributed by atoms with Crippen LogP contribution in [0.25, 0.3) is 0 Å². The average Bonchev–Trinajstić information content (AvgIpc) is 1.88. The highest BCUT2D eigenvalue weighted by atomic mass is 17.0. The van der Waals surface area contributed by atoms with Gasteiger partial charge in [-0.05, 0) is 19.3 Å². The Balaban J connectivity index is 2.33. The largest absolute Gasteiger partial charge is 0.306 e. The molecule has 0 spiro atoms. The van der Waals surface area contributed by atoms with Crippen LogP contribution in [-0.4, -0.2) is 11.2 Å². The minimum absolute atomic E-state index is 0.302. The lowest BCUT2D eigenvalue weighted by molar-refractivity contribution is -0.765. The molecular formula is C6H9NO3. The zero-order valence-electron chi connectivity index (χ0n) is 5.53. The molecule has 1 aliphatic rings. The van der Waals surface area contributed by atoms with Crippen LogP contribution in [0.1, 0.15) is 19.3 Å². The van der Waals surface area contributed by atoms with E-state index < -0.39 is 5.09 Å². The van der Waals surface area contributed by atoms with Crippen molar-refractivity contribution in [2.24, 2.45) is 0 Å². The third kappa shape index (κ3) is 2.05. The minimum Gasteiger partial charge on any atom is -0.306 e. The molecule has 1 unspecified atom stereocenters. The van der Waals surface area contributed by atoms with Gasteiger partial charge in [-0.1, -0.05) is 12.2 Å². The van der Waals surface area contributed by atoms with E-state index in [4.69, 9.17) is 0 Å². The Morgan fingerprint density at radius 1 is 1.70 bits per heavy atom. The van der Waals surface area contributed by atoms with Gasteiger partial charge >= 0.3 is 0 Å². The van der Waals surface area contributed by atoms with Gasteiger partial charge in [0.05, 0.1) is 0 Å². The summed E-state index contributed by atoms with van der Waals surface area (Å²) in [7, 11) is 0. The van der Waals surface area contributed by atoms with Crippen molar-refractivity contribution in [3.8, 4) is 0 Å². The van der Waals surface area contributed by atoms with Gasteiger partial charge in [0.15, 0.2) is 0 Å². The fraction of sp³-hybridized carbons (Fsp3) is 0.667. The van der Waals surface area contributed by atoms with Crippen LogP contribution in [-0.2, 0) is 4.84 Å². The standard InChI is InChI=1S/C6H9NO3/c8-7(9)10-6-4-2-1-3-5-6/h2,4,6H,1,3,5H2. The van der Waals surface area contributed by atoms with Crippen molar-refractivity contribution < 1.29 is 9.92 Å². The van der Waals surface area contributed by atoms with Crippen LogP contribution in [0.2, 0.25) is 0 Å². The molecule has 1 atom stereocenters. The van der Waals surface area contributed by atoms with E-state index in [1.807, 2.05) is 6.08 Å². The van der Waals surface area contributed by atoms with Crippen molar-refractivity contribution in [1.29, 1.82) is 0 Å². The van der Waals surface area contributed by atoms with Gasteiger partial charge in [0, 0.05) is 0 Å². The normalized spacial score (nSPS) is 24.2. The fourth-order valence-corrected chi connectivity index (χ4v) is 0.980. The second kappa shape index (κ2) is 3.20. The van der Waals surface area contributed by atoms with E-state index in [0.29, 0.717) is 0 Å². The van der Waals surface area contributed by atoms with E-state index in [0.717, 1.165) is 19.3 Å². The summed E-state index contributed by atoms with van der Waals surface area (Å²) in [5.41, 5.74) is 0. The maximum atomic E-state index is 9.82. The summed E-state index contributed by atoms with van der Waals surface area (Å²) < 4.78 is 0. The molecular weight excluding hydrogens is 134 g/mol. The van der Waals surface area contributed by atoms with E-state index in [1.165, 1.54) is 0 Å². The molecule has 0 aliphatic heterocycles. The van der Waals surface area contributed by atoms with Crippen LogP contribution < -0.4 is 0 Å². The Labute approximate surface area is 58.6 Å². The zero-order chi connectivity index (χ0) is 7.40. The van der Waals surface area contributed by atoms with Crippen molar-refractivity contribution >= 4 is 0 Å². The summed E-state index contributed by atoms with van der Waals surface area (Å²) in [6, 6.07) is 0. The highest BCUT2D eigenvalue weighted by Gasteiger charge is 2.11. The first kappa shape index (κ1) is 7.05. The Bertz CT molecular complexity index is 155. The van der Waals surface area contributed by atoms with Gasteiger partial charge < -0.3 is 4.84 Å². The summed E-state index contributed by atoms with van der Waals surface area (Å²) in [6.07, 6.45) is 6.11. The number of hydrogen-bond donors (Lipinski definition) is 0. The molecule has 4 heteroatoms. The summed E-state index contributed by atoms with van der Waals surface area (Å²) in [4.78, 5) is 14.1. The van der Waals surface area contributed by atoms with E-state index in [9.17, 15) is 10.1 Å². The molecule has 10 heavy (non-hydrogen) atoms. The first-order valence-corrected chi connectivity index (χ1v) is 3.27. The first-order chi connectivity index (χ1) is 4.79. The van der Waals surface area contributed by atoms with Gasteiger partial charge in [0.1, 0.15) is 6.10 Å². The number of hydrogen-bond acceptors (Lipinski definition) is 3. The molecule has 0 saturated heterocycles. The van der Waals surface area contributed by atoms with E-state index in [-0.39, 0.29) is 6.10 Å². The molecule has 0 saturated carbocycles. The van der Waals surface area contributed by atoms with Gasteiger partial charge in [0.2, 0.25) is 0 Å². The third-order valence-corrected chi connectivity index (χ3v) is 1.43. The molecule has 0 aromatic heterocycles. The number of nitrogens with zero attached hydrogens (tertiary/aromatic N) is 1. The Morgan fingerprint density at radius 2 is 2.50 bits per heavy atom. The maximum Gasteiger partial charge on any atom is 0.295 e. The van der Waals surface area contributed by atoms with E-state index >= 15 is 0 Å².